The molecule has 16 heavy (non-hydrogen) atoms. The molecule has 84 valence electrons. The van der Waals surface area contributed by atoms with E-state index >= 15 is 0 Å². The molecule has 0 aliphatic heterocycles. The molecule has 4 nitrogen and oxygen atoms in total. The summed E-state index contributed by atoms with van der Waals surface area (Å²) in [5.74, 6) is 0.0250. The molecule has 5 heteroatoms. The van der Waals surface area contributed by atoms with E-state index in [0.29, 0.717) is 5.56 Å². The summed E-state index contributed by atoms with van der Waals surface area (Å²) >= 11 is 4.64. The maximum Gasteiger partial charge on any atom is 0.184 e. The van der Waals surface area contributed by atoms with Crippen molar-refractivity contribution >= 4 is 28.8 Å². The van der Waals surface area contributed by atoms with Gasteiger partial charge in [-0.2, -0.15) is 5.10 Å². The summed E-state index contributed by atoms with van der Waals surface area (Å²) in [6, 6.07) is 7.22. The number of ketones is 1. The van der Waals surface area contributed by atoms with Gasteiger partial charge >= 0.3 is 0 Å². The van der Waals surface area contributed by atoms with E-state index in [4.69, 9.17) is 5.73 Å². The number of nitrogens with two attached hydrogens (primary N) is 1. The van der Waals surface area contributed by atoms with E-state index in [1.807, 2.05) is 19.1 Å². The van der Waals surface area contributed by atoms with Crippen LogP contribution in [-0.4, -0.2) is 16.6 Å². The quantitative estimate of drug-likeness (QED) is 0.360. The van der Waals surface area contributed by atoms with Crippen LogP contribution in [0.5, 0.6) is 0 Å². The van der Waals surface area contributed by atoms with E-state index in [0.717, 1.165) is 11.3 Å². The van der Waals surface area contributed by atoms with E-state index in [1.54, 1.807) is 12.1 Å². The first-order valence-corrected chi connectivity index (χ1v) is 5.12. The number of hydrogen-bond acceptors (Lipinski definition) is 3. The summed E-state index contributed by atoms with van der Waals surface area (Å²) in [5, 5.41) is 4.10. The first-order chi connectivity index (χ1) is 7.50. The van der Waals surface area contributed by atoms with Gasteiger partial charge < -0.3 is 5.73 Å². The van der Waals surface area contributed by atoms with Gasteiger partial charge in [0.25, 0.3) is 0 Å². The van der Waals surface area contributed by atoms with Gasteiger partial charge in [0.05, 0.1) is 5.71 Å². The molecule has 0 aromatic heterocycles. The Morgan fingerprint density at radius 3 is 2.56 bits per heavy atom. The fraction of sp³-hybridized carbons (Fsp3) is 0.182. The lowest BCUT2D eigenvalue weighted by molar-refractivity contribution is 0.101. The van der Waals surface area contributed by atoms with E-state index in [2.05, 4.69) is 22.7 Å². The summed E-state index contributed by atoms with van der Waals surface area (Å²) in [5.41, 5.74) is 9.99. The van der Waals surface area contributed by atoms with E-state index in [1.165, 1.54) is 6.92 Å². The predicted octanol–water partition coefficient (Wildman–Crippen LogP) is 1.45. The zero-order chi connectivity index (χ0) is 12.1. The van der Waals surface area contributed by atoms with Gasteiger partial charge in [0.1, 0.15) is 0 Å². The number of nitrogens with one attached hydrogen (secondary N) is 1. The third-order valence-electron chi connectivity index (χ3n) is 2.02. The molecule has 0 saturated heterocycles. The van der Waals surface area contributed by atoms with Gasteiger partial charge in [0, 0.05) is 5.56 Å². The van der Waals surface area contributed by atoms with Crippen molar-refractivity contribution < 1.29 is 4.79 Å². The molecule has 1 aromatic carbocycles. The standard InChI is InChI=1S/C11H13N3OS/c1-7(13-14-11(12)16)9-4-3-5-10(6-9)8(2)15/h3-6H,1-2H3,(H3,12,14,16)/b13-7+. The van der Waals surface area contributed by atoms with Crippen LogP contribution in [0.15, 0.2) is 29.4 Å². The van der Waals surface area contributed by atoms with Crippen molar-refractivity contribution in [1.82, 2.24) is 5.43 Å². The lowest BCUT2D eigenvalue weighted by atomic mass is 10.1. The zero-order valence-electron chi connectivity index (χ0n) is 9.15. The maximum atomic E-state index is 11.2. The Kier molecular flexibility index (Phi) is 4.13. The lowest BCUT2D eigenvalue weighted by Crippen LogP contribution is -2.25. The van der Waals surface area contributed by atoms with Crippen LogP contribution >= 0.6 is 12.2 Å². The Morgan fingerprint density at radius 2 is 2.00 bits per heavy atom. The van der Waals surface area contributed by atoms with Gasteiger partial charge in [0.2, 0.25) is 0 Å². The number of benzene rings is 1. The van der Waals surface area contributed by atoms with E-state index < -0.39 is 0 Å². The zero-order valence-corrected chi connectivity index (χ0v) is 9.97. The molecule has 0 spiro atoms. The molecule has 0 amide bonds. The molecule has 0 bridgehead atoms. The van der Waals surface area contributed by atoms with E-state index in [-0.39, 0.29) is 10.9 Å². The number of hydrogen-bond donors (Lipinski definition) is 2. The van der Waals surface area contributed by atoms with Crippen molar-refractivity contribution in [3.8, 4) is 0 Å². The van der Waals surface area contributed by atoms with Crippen molar-refractivity contribution in [2.45, 2.75) is 13.8 Å². The minimum atomic E-state index is 0.0250. The number of rotatable bonds is 3. The molecule has 0 fully saturated rings. The molecule has 0 unspecified atom stereocenters. The highest BCUT2D eigenvalue weighted by Gasteiger charge is 2.02. The molecule has 0 radical (unpaired) electrons. The van der Waals surface area contributed by atoms with Crippen LogP contribution < -0.4 is 11.2 Å². The van der Waals surface area contributed by atoms with E-state index in [9.17, 15) is 4.79 Å². The number of nitrogens with zero attached hydrogens (tertiary/aromatic N) is 1. The van der Waals surface area contributed by atoms with Crippen LogP contribution in [0.2, 0.25) is 0 Å². The van der Waals surface area contributed by atoms with Gasteiger partial charge in [-0.05, 0) is 37.7 Å². The summed E-state index contributed by atoms with van der Waals surface area (Å²) in [6.07, 6.45) is 0. The number of carbonyl (C=O) groups is 1. The summed E-state index contributed by atoms with van der Waals surface area (Å²) in [4.78, 5) is 11.2. The van der Waals surface area contributed by atoms with Crippen molar-refractivity contribution in [2.24, 2.45) is 10.8 Å². The van der Waals surface area contributed by atoms with Crippen molar-refractivity contribution in [1.29, 1.82) is 0 Å². The molecule has 1 aromatic rings. The number of thiocarbonyl (C=S) groups is 1. The predicted molar refractivity (Wildman–Crippen MR) is 68.6 cm³/mol. The summed E-state index contributed by atoms with van der Waals surface area (Å²) in [7, 11) is 0. The molecule has 1 rings (SSSR count). The third-order valence-corrected chi connectivity index (χ3v) is 2.11. The number of carbonyl (C=O) groups excluding carboxylic acids is 1. The third kappa shape index (κ3) is 3.43. The van der Waals surface area contributed by atoms with Crippen LogP contribution in [0.25, 0.3) is 0 Å². The molecular formula is C11H13N3OS. The van der Waals surface area contributed by atoms with Gasteiger partial charge in [-0.25, -0.2) is 0 Å². The lowest BCUT2D eigenvalue weighted by Gasteiger charge is -2.03. The summed E-state index contributed by atoms with van der Waals surface area (Å²) < 4.78 is 0. The minimum absolute atomic E-state index is 0.0250. The van der Waals surface area contributed by atoms with Crippen LogP contribution in [0.1, 0.15) is 29.8 Å². The Morgan fingerprint density at radius 1 is 1.38 bits per heavy atom. The van der Waals surface area contributed by atoms with Crippen LogP contribution in [0, 0.1) is 0 Å². The van der Waals surface area contributed by atoms with Gasteiger partial charge in [0.15, 0.2) is 10.9 Å². The normalized spacial score (nSPS) is 11.0. The van der Waals surface area contributed by atoms with Crippen LogP contribution in [-0.2, 0) is 0 Å². The highest BCUT2D eigenvalue weighted by atomic mass is 32.1. The second-order valence-electron chi connectivity index (χ2n) is 3.31. The van der Waals surface area contributed by atoms with Crippen LogP contribution in [0.3, 0.4) is 0 Å². The smallest absolute Gasteiger partial charge is 0.184 e. The van der Waals surface area contributed by atoms with Crippen molar-refractivity contribution in [3.63, 3.8) is 0 Å². The minimum Gasteiger partial charge on any atom is -0.375 e. The van der Waals surface area contributed by atoms with Gasteiger partial charge in [-0.3, -0.25) is 10.2 Å². The second kappa shape index (κ2) is 5.37. The SMILES string of the molecule is CC(=O)c1cccc(/C(C)=N/NC(N)=S)c1. The average Bonchev–Trinajstić information content (AvgIpc) is 2.26. The highest BCUT2D eigenvalue weighted by Crippen LogP contribution is 2.07. The Labute approximate surface area is 99.5 Å². The largest absolute Gasteiger partial charge is 0.375 e. The second-order valence-corrected chi connectivity index (χ2v) is 3.75. The number of Topliss-reactive ketones (excluding diaryl/α,β-unsaturated/α-hetero) is 1. The fourth-order valence-corrected chi connectivity index (χ4v) is 1.21. The fourth-order valence-electron chi connectivity index (χ4n) is 1.17. The molecular weight excluding hydrogens is 222 g/mol. The molecule has 0 atom stereocenters. The summed E-state index contributed by atoms with van der Waals surface area (Å²) in [6.45, 7) is 3.34. The first kappa shape index (κ1) is 12.3. The highest BCUT2D eigenvalue weighted by molar-refractivity contribution is 7.80. The monoisotopic (exact) mass is 235 g/mol. The molecule has 0 heterocycles. The molecule has 3 N–H and O–H groups in total. The Balaban J connectivity index is 2.95. The maximum absolute atomic E-state index is 11.2. The first-order valence-electron chi connectivity index (χ1n) is 4.72. The van der Waals surface area contributed by atoms with Crippen LogP contribution in [0.4, 0.5) is 0 Å². The molecule has 0 aliphatic carbocycles. The van der Waals surface area contributed by atoms with Crippen molar-refractivity contribution in [2.75, 3.05) is 0 Å². The van der Waals surface area contributed by atoms with Crippen molar-refractivity contribution in [3.05, 3.63) is 35.4 Å². The van der Waals surface area contributed by atoms with Gasteiger partial charge in [-0.15, -0.1) is 0 Å². The molecule has 0 aliphatic rings. The number of hydrazone groups is 1. The topological polar surface area (TPSA) is 67.5 Å². The van der Waals surface area contributed by atoms with Gasteiger partial charge in [-0.1, -0.05) is 18.2 Å². The average molecular weight is 235 g/mol. The Hall–Kier alpha value is -1.75. The molecule has 0 saturated carbocycles. The Bertz CT molecular complexity index is 454.